The molecule has 94 valence electrons. The average Bonchev–Trinajstić information content (AvgIpc) is 2.94. The van der Waals surface area contributed by atoms with Crippen LogP contribution in [0.1, 0.15) is 37.7 Å². The number of amides is 1. The Hall–Kier alpha value is -1.95. The highest BCUT2D eigenvalue weighted by molar-refractivity contribution is 7.11. The lowest BCUT2D eigenvalue weighted by Gasteiger charge is -2.00. The lowest BCUT2D eigenvalue weighted by atomic mass is 10.2. The van der Waals surface area contributed by atoms with Gasteiger partial charge in [-0.2, -0.15) is 0 Å². The van der Waals surface area contributed by atoms with E-state index < -0.39 is 0 Å². The summed E-state index contributed by atoms with van der Waals surface area (Å²) >= 11 is 1.54. The molecule has 0 aliphatic heterocycles. The molecule has 2 aromatic heterocycles. The summed E-state index contributed by atoms with van der Waals surface area (Å²) in [7, 11) is 0. The number of aromatic nitrogens is 2. The molecule has 5 nitrogen and oxygen atoms in total. The van der Waals surface area contributed by atoms with E-state index in [-0.39, 0.29) is 11.7 Å². The van der Waals surface area contributed by atoms with Crippen LogP contribution in [0.4, 0.5) is 0 Å². The molecule has 18 heavy (non-hydrogen) atoms. The highest BCUT2D eigenvalue weighted by Crippen LogP contribution is 2.11. The number of thiazole rings is 1. The molecule has 6 heteroatoms. The molecule has 0 aliphatic rings. The van der Waals surface area contributed by atoms with E-state index in [0.29, 0.717) is 17.8 Å². The fraction of sp³-hybridized carbons (Fsp3) is 0.250. The highest BCUT2D eigenvalue weighted by atomic mass is 32.1. The summed E-state index contributed by atoms with van der Waals surface area (Å²) in [6.45, 7) is 3.82. The third kappa shape index (κ3) is 2.84. The van der Waals surface area contributed by atoms with Crippen molar-refractivity contribution in [3.8, 4) is 0 Å². The summed E-state index contributed by atoms with van der Waals surface area (Å²) in [6, 6.07) is 1.55. The number of hydrogen-bond acceptors (Lipinski definition) is 4. The SMILES string of the molecule is CC(=O)c1c[nH]c(C(=O)NCc2cnc(C)s2)c1. The number of carbonyl (C=O) groups excluding carboxylic acids is 2. The fourth-order valence-corrected chi connectivity index (χ4v) is 2.21. The molecule has 0 fully saturated rings. The van der Waals surface area contributed by atoms with Crippen LogP contribution in [0.2, 0.25) is 0 Å². The molecule has 0 aromatic carbocycles. The number of nitrogens with zero attached hydrogens (tertiary/aromatic N) is 1. The van der Waals surface area contributed by atoms with Crippen molar-refractivity contribution in [3.63, 3.8) is 0 Å². The summed E-state index contributed by atoms with van der Waals surface area (Å²) in [6.07, 6.45) is 3.28. The van der Waals surface area contributed by atoms with Crippen molar-refractivity contribution in [2.24, 2.45) is 0 Å². The van der Waals surface area contributed by atoms with Gasteiger partial charge in [-0.05, 0) is 19.9 Å². The summed E-state index contributed by atoms with van der Waals surface area (Å²) in [4.78, 5) is 30.8. The van der Waals surface area contributed by atoms with E-state index in [4.69, 9.17) is 0 Å². The van der Waals surface area contributed by atoms with E-state index >= 15 is 0 Å². The maximum Gasteiger partial charge on any atom is 0.268 e. The molecule has 1 amide bonds. The van der Waals surface area contributed by atoms with E-state index in [1.54, 1.807) is 23.6 Å². The third-order valence-electron chi connectivity index (χ3n) is 2.43. The molecule has 2 heterocycles. The fourth-order valence-electron chi connectivity index (χ4n) is 1.48. The number of H-pyrrole nitrogens is 1. The second kappa shape index (κ2) is 5.14. The van der Waals surface area contributed by atoms with Crippen LogP contribution in [0.5, 0.6) is 0 Å². The topological polar surface area (TPSA) is 74.8 Å². The first-order valence-electron chi connectivity index (χ1n) is 5.45. The van der Waals surface area contributed by atoms with Gasteiger partial charge in [0.15, 0.2) is 5.78 Å². The predicted octanol–water partition coefficient (Wildman–Crippen LogP) is 1.91. The van der Waals surface area contributed by atoms with Crippen molar-refractivity contribution in [2.75, 3.05) is 0 Å². The summed E-state index contributed by atoms with van der Waals surface area (Å²) < 4.78 is 0. The monoisotopic (exact) mass is 263 g/mol. The molecule has 0 saturated carbocycles. The molecular weight excluding hydrogens is 250 g/mol. The molecule has 0 unspecified atom stereocenters. The largest absolute Gasteiger partial charge is 0.356 e. The highest BCUT2D eigenvalue weighted by Gasteiger charge is 2.10. The maximum atomic E-state index is 11.8. The quantitative estimate of drug-likeness (QED) is 0.827. The Balaban J connectivity index is 1.97. The van der Waals surface area contributed by atoms with Crippen LogP contribution >= 0.6 is 11.3 Å². The Bertz CT molecular complexity index is 586. The van der Waals surface area contributed by atoms with Crippen LogP contribution in [0.15, 0.2) is 18.5 Å². The van der Waals surface area contributed by atoms with Crippen molar-refractivity contribution in [3.05, 3.63) is 39.6 Å². The minimum atomic E-state index is -0.228. The number of ketones is 1. The van der Waals surface area contributed by atoms with Gasteiger partial charge in [0.1, 0.15) is 5.69 Å². The van der Waals surface area contributed by atoms with Crippen LogP contribution in [-0.2, 0) is 6.54 Å². The molecule has 0 atom stereocenters. The zero-order chi connectivity index (χ0) is 13.1. The maximum absolute atomic E-state index is 11.8. The van der Waals surface area contributed by atoms with Crippen LogP contribution in [-0.4, -0.2) is 21.7 Å². The van der Waals surface area contributed by atoms with Crippen LogP contribution in [0.3, 0.4) is 0 Å². The standard InChI is InChI=1S/C12H13N3O2S/c1-7(16)9-3-11(14-4-9)12(17)15-6-10-5-13-8(2)18-10/h3-5,14H,6H2,1-2H3,(H,15,17). The predicted molar refractivity (Wildman–Crippen MR) is 68.8 cm³/mol. The van der Waals surface area contributed by atoms with E-state index in [1.807, 2.05) is 6.92 Å². The van der Waals surface area contributed by atoms with Crippen LogP contribution in [0.25, 0.3) is 0 Å². The van der Waals surface area contributed by atoms with Crippen LogP contribution in [0, 0.1) is 6.92 Å². The summed E-state index contributed by atoms with van der Waals surface area (Å²) in [5.41, 5.74) is 0.898. The number of aromatic amines is 1. The van der Waals surface area contributed by atoms with Gasteiger partial charge < -0.3 is 10.3 Å². The van der Waals surface area contributed by atoms with Gasteiger partial charge in [-0.3, -0.25) is 9.59 Å². The van der Waals surface area contributed by atoms with Gasteiger partial charge in [-0.1, -0.05) is 0 Å². The van der Waals surface area contributed by atoms with Gasteiger partial charge in [-0.15, -0.1) is 11.3 Å². The third-order valence-corrected chi connectivity index (χ3v) is 3.34. The Morgan fingerprint density at radius 1 is 1.50 bits per heavy atom. The molecule has 2 rings (SSSR count). The second-order valence-electron chi connectivity index (χ2n) is 3.89. The van der Waals surface area contributed by atoms with Crippen LogP contribution < -0.4 is 5.32 Å². The lowest BCUT2D eigenvalue weighted by Crippen LogP contribution is -2.22. The van der Waals surface area contributed by atoms with E-state index in [2.05, 4.69) is 15.3 Å². The molecule has 2 N–H and O–H groups in total. The Morgan fingerprint density at radius 3 is 2.83 bits per heavy atom. The van der Waals surface area contributed by atoms with Gasteiger partial charge in [-0.25, -0.2) is 4.98 Å². The molecule has 0 aliphatic carbocycles. The van der Waals surface area contributed by atoms with Crippen molar-refractivity contribution in [2.45, 2.75) is 20.4 Å². The normalized spacial score (nSPS) is 10.3. The zero-order valence-electron chi connectivity index (χ0n) is 10.1. The minimum Gasteiger partial charge on any atom is -0.356 e. The van der Waals surface area contributed by atoms with E-state index in [1.165, 1.54) is 13.1 Å². The second-order valence-corrected chi connectivity index (χ2v) is 5.21. The minimum absolute atomic E-state index is 0.0663. The number of Topliss-reactive ketones (excluding diaryl/α,β-unsaturated/α-hetero) is 1. The average molecular weight is 263 g/mol. The molecule has 0 bridgehead atoms. The summed E-state index contributed by atoms with van der Waals surface area (Å²) in [5, 5.41) is 3.74. The van der Waals surface area contributed by atoms with Gasteiger partial charge in [0.05, 0.1) is 11.6 Å². The number of hydrogen-bond donors (Lipinski definition) is 2. The van der Waals surface area contributed by atoms with Gasteiger partial charge in [0.25, 0.3) is 5.91 Å². The zero-order valence-corrected chi connectivity index (χ0v) is 10.9. The van der Waals surface area contributed by atoms with Gasteiger partial charge in [0, 0.05) is 22.8 Å². The van der Waals surface area contributed by atoms with Gasteiger partial charge >= 0.3 is 0 Å². The number of nitrogens with one attached hydrogen (secondary N) is 2. The lowest BCUT2D eigenvalue weighted by molar-refractivity contribution is 0.0946. The molecule has 0 saturated heterocycles. The Kier molecular flexibility index (Phi) is 3.57. The van der Waals surface area contributed by atoms with E-state index in [0.717, 1.165) is 9.88 Å². The molecule has 0 radical (unpaired) electrons. The number of carbonyl (C=O) groups is 2. The van der Waals surface area contributed by atoms with Crippen molar-refractivity contribution in [1.29, 1.82) is 0 Å². The first kappa shape index (κ1) is 12.5. The van der Waals surface area contributed by atoms with Gasteiger partial charge in [0.2, 0.25) is 0 Å². The molecule has 2 aromatic rings. The smallest absolute Gasteiger partial charge is 0.268 e. The Morgan fingerprint density at radius 2 is 2.28 bits per heavy atom. The first-order chi connectivity index (χ1) is 8.56. The van der Waals surface area contributed by atoms with E-state index in [9.17, 15) is 9.59 Å². The van der Waals surface area contributed by atoms with Crippen molar-refractivity contribution >= 4 is 23.0 Å². The van der Waals surface area contributed by atoms with Crippen molar-refractivity contribution in [1.82, 2.24) is 15.3 Å². The number of aryl methyl sites for hydroxylation is 1. The summed E-state index contributed by atoms with van der Waals surface area (Å²) in [5.74, 6) is -0.295. The molecule has 0 spiro atoms. The number of rotatable bonds is 4. The molecular formula is C12H13N3O2S. The first-order valence-corrected chi connectivity index (χ1v) is 6.27. The van der Waals surface area contributed by atoms with Crippen molar-refractivity contribution < 1.29 is 9.59 Å². The Labute approximate surface area is 108 Å².